The van der Waals surface area contributed by atoms with E-state index in [4.69, 9.17) is 0 Å². The van der Waals surface area contributed by atoms with E-state index < -0.39 is 0 Å². The number of nitrogens with zero attached hydrogens (tertiary/aromatic N) is 2. The van der Waals surface area contributed by atoms with Crippen molar-refractivity contribution in [2.24, 2.45) is 0 Å². The molecule has 8 aromatic carbocycles. The van der Waals surface area contributed by atoms with Crippen LogP contribution in [0.5, 0.6) is 0 Å². The highest BCUT2D eigenvalue weighted by atomic mass is 15.1. The Labute approximate surface area is 332 Å². The Morgan fingerprint density at radius 3 is 1.04 bits per heavy atom. The molecular weight excluding hydrogens is 677 g/mol. The summed E-state index contributed by atoms with van der Waals surface area (Å²) in [5.74, 6) is 0. The Kier molecular flexibility index (Phi) is 8.43. The molecule has 0 unspecified atom stereocenters. The summed E-state index contributed by atoms with van der Waals surface area (Å²) in [5.41, 5.74) is 17.6. The number of rotatable bonds is 6. The lowest BCUT2D eigenvalue weighted by Gasteiger charge is -2.30. The van der Waals surface area contributed by atoms with Crippen LogP contribution in [0.2, 0.25) is 0 Å². The van der Waals surface area contributed by atoms with Crippen molar-refractivity contribution in [1.29, 1.82) is 0 Å². The van der Waals surface area contributed by atoms with Gasteiger partial charge in [0.15, 0.2) is 0 Å². The molecule has 276 valence electrons. The van der Waals surface area contributed by atoms with Crippen LogP contribution in [-0.4, -0.2) is 0 Å². The Morgan fingerprint density at radius 2 is 0.679 bits per heavy atom. The van der Waals surface area contributed by atoms with Crippen molar-refractivity contribution < 1.29 is 0 Å². The minimum atomic E-state index is 0.0466. The molecule has 56 heavy (non-hydrogen) atoms. The highest BCUT2D eigenvalue weighted by Gasteiger charge is 2.26. The zero-order chi connectivity index (χ0) is 38.9. The minimum absolute atomic E-state index is 0.0466. The first-order chi connectivity index (χ1) is 26.8. The third-order valence-electron chi connectivity index (χ3n) is 11.7. The van der Waals surface area contributed by atoms with Crippen LogP contribution in [0.15, 0.2) is 158 Å². The molecular formula is C54H50N2. The van der Waals surface area contributed by atoms with Crippen LogP contribution in [0.3, 0.4) is 0 Å². The quantitative estimate of drug-likeness (QED) is 0.168. The maximum atomic E-state index is 2.42. The monoisotopic (exact) mass is 726 g/mol. The molecule has 8 aromatic rings. The van der Waals surface area contributed by atoms with Gasteiger partial charge in [0.25, 0.3) is 0 Å². The number of aryl methyl sites for hydroxylation is 2. The second-order valence-corrected chi connectivity index (χ2v) is 17.7. The minimum Gasteiger partial charge on any atom is -0.310 e. The van der Waals surface area contributed by atoms with Gasteiger partial charge in [0.1, 0.15) is 0 Å². The molecule has 9 rings (SSSR count). The van der Waals surface area contributed by atoms with Crippen LogP contribution in [0, 0.1) is 13.8 Å². The van der Waals surface area contributed by atoms with Gasteiger partial charge in [0.2, 0.25) is 0 Å². The summed E-state index contributed by atoms with van der Waals surface area (Å²) in [6.45, 7) is 18.2. The van der Waals surface area contributed by atoms with Crippen molar-refractivity contribution >= 4 is 55.7 Å². The lowest BCUT2D eigenvalue weighted by Crippen LogP contribution is -2.15. The second kappa shape index (κ2) is 13.3. The molecule has 0 aliphatic heterocycles. The van der Waals surface area contributed by atoms with Gasteiger partial charge in [-0.3, -0.25) is 0 Å². The summed E-state index contributed by atoms with van der Waals surface area (Å²) in [6.07, 6.45) is 0. The first kappa shape index (κ1) is 35.6. The van der Waals surface area contributed by atoms with Crippen LogP contribution in [0.4, 0.5) is 34.1 Å². The van der Waals surface area contributed by atoms with Gasteiger partial charge >= 0.3 is 0 Å². The molecule has 1 aliphatic carbocycles. The topological polar surface area (TPSA) is 6.48 Å². The third-order valence-corrected chi connectivity index (χ3v) is 11.7. The van der Waals surface area contributed by atoms with Crippen LogP contribution in [0.1, 0.15) is 63.8 Å². The predicted octanol–water partition coefficient (Wildman–Crippen LogP) is 15.8. The van der Waals surface area contributed by atoms with E-state index in [0.29, 0.717) is 0 Å². The van der Waals surface area contributed by atoms with Crippen molar-refractivity contribution in [1.82, 2.24) is 0 Å². The van der Waals surface area contributed by atoms with E-state index in [0.717, 1.165) is 22.7 Å². The molecule has 0 fully saturated rings. The maximum absolute atomic E-state index is 2.42. The molecule has 2 nitrogen and oxygen atoms in total. The number of benzene rings is 8. The average Bonchev–Trinajstić information content (AvgIpc) is 3.18. The van der Waals surface area contributed by atoms with Gasteiger partial charge in [-0.1, -0.05) is 114 Å². The van der Waals surface area contributed by atoms with Crippen LogP contribution in [-0.2, 0) is 10.8 Å². The number of fused-ring (bicyclic) bond motifs is 6. The molecule has 0 bridgehead atoms. The molecule has 1 aliphatic rings. The Balaban J connectivity index is 1.14. The van der Waals surface area contributed by atoms with Crippen LogP contribution in [0.25, 0.3) is 43.8 Å². The molecule has 0 spiro atoms. The maximum Gasteiger partial charge on any atom is 0.0493 e. The van der Waals surface area contributed by atoms with Gasteiger partial charge in [0.05, 0.1) is 0 Å². The smallest absolute Gasteiger partial charge is 0.0493 e. The first-order valence-corrected chi connectivity index (χ1v) is 19.9. The molecule has 0 amide bonds. The Hall–Kier alpha value is -6.12. The summed E-state index contributed by atoms with van der Waals surface area (Å²) in [6, 6.07) is 58.9. The summed E-state index contributed by atoms with van der Waals surface area (Å²) in [7, 11) is 0. The molecule has 0 atom stereocenters. The lowest BCUT2D eigenvalue weighted by molar-refractivity contribution is 0.590. The lowest BCUT2D eigenvalue weighted by atomic mass is 9.78. The van der Waals surface area contributed by atoms with Crippen molar-refractivity contribution in [3.05, 3.63) is 180 Å². The molecule has 0 radical (unpaired) electrons. The van der Waals surface area contributed by atoms with E-state index in [9.17, 15) is 0 Å². The molecule has 0 saturated carbocycles. The summed E-state index contributed by atoms with van der Waals surface area (Å²) >= 11 is 0. The third kappa shape index (κ3) is 6.24. The van der Waals surface area contributed by atoms with Crippen LogP contribution >= 0.6 is 0 Å². The van der Waals surface area contributed by atoms with E-state index in [1.807, 2.05) is 0 Å². The SMILES string of the molecule is Cc1ccc(C(C)(C)C)cc1N(c1ccccc1)c1ccc2cc3c(cc2c1)-c1cc2cc(N(c4ccccc4)c4cc(C(C)(C)C)ccc4C)ccc2cc1-3. The number of hydrogen-bond donors (Lipinski definition) is 0. The normalized spacial score (nSPS) is 12.3. The first-order valence-electron chi connectivity index (χ1n) is 19.9. The van der Waals surface area contributed by atoms with Gasteiger partial charge < -0.3 is 9.80 Å². The van der Waals surface area contributed by atoms with Crippen LogP contribution < -0.4 is 9.80 Å². The Bertz CT molecular complexity index is 2590. The van der Waals surface area contributed by atoms with Crippen molar-refractivity contribution in [2.75, 3.05) is 9.80 Å². The van der Waals surface area contributed by atoms with Gasteiger partial charge in [-0.2, -0.15) is 0 Å². The number of hydrogen-bond acceptors (Lipinski definition) is 2. The van der Waals surface area contributed by atoms with E-state index >= 15 is 0 Å². The van der Waals surface area contributed by atoms with Crippen molar-refractivity contribution in [3.63, 3.8) is 0 Å². The summed E-state index contributed by atoms with van der Waals surface area (Å²) in [4.78, 5) is 4.84. The van der Waals surface area contributed by atoms with Gasteiger partial charge in [-0.15, -0.1) is 0 Å². The van der Waals surface area contributed by atoms with E-state index in [1.54, 1.807) is 0 Å². The standard InChI is InChI=1S/C54H50N2/c1-35-19-23-41(53(3,4)5)33-51(35)55(43-15-11-9-12-16-43)45-25-21-37-29-47-48-30-38-22-26-46(28-40(38)32-50(48)49(47)31-39(37)27-45)56(44-17-13-10-14-18-44)52-34-42(54(6,7)8)24-20-36(52)2/h9-34H,1-8H3. The highest BCUT2D eigenvalue weighted by Crippen LogP contribution is 2.51. The fourth-order valence-corrected chi connectivity index (χ4v) is 8.32. The fraction of sp³-hybridized carbons (Fsp3) is 0.185. The largest absolute Gasteiger partial charge is 0.310 e. The molecule has 2 heteroatoms. The van der Waals surface area contributed by atoms with Gasteiger partial charge in [0, 0.05) is 34.1 Å². The molecule has 0 saturated heterocycles. The summed E-state index contributed by atoms with van der Waals surface area (Å²) < 4.78 is 0. The highest BCUT2D eigenvalue weighted by molar-refractivity contribution is 6.12. The van der Waals surface area contributed by atoms with E-state index in [1.165, 1.54) is 77.4 Å². The van der Waals surface area contributed by atoms with Gasteiger partial charge in [-0.25, -0.2) is 0 Å². The predicted molar refractivity (Wildman–Crippen MR) is 242 cm³/mol. The van der Waals surface area contributed by atoms with Crippen molar-refractivity contribution in [2.45, 2.75) is 66.2 Å². The van der Waals surface area contributed by atoms with Gasteiger partial charge in [-0.05, 0) is 176 Å². The molecule has 0 heterocycles. The van der Waals surface area contributed by atoms with E-state index in [2.05, 4.69) is 223 Å². The van der Waals surface area contributed by atoms with Crippen molar-refractivity contribution in [3.8, 4) is 22.3 Å². The fourth-order valence-electron chi connectivity index (χ4n) is 8.32. The second-order valence-electron chi connectivity index (χ2n) is 17.7. The molecule has 0 N–H and O–H groups in total. The zero-order valence-corrected chi connectivity index (χ0v) is 33.9. The van der Waals surface area contributed by atoms with E-state index in [-0.39, 0.29) is 10.8 Å². The average molecular weight is 727 g/mol. The molecule has 0 aromatic heterocycles. The number of para-hydroxylation sites is 2. The number of anilines is 6. The summed E-state index contributed by atoms with van der Waals surface area (Å²) in [5, 5.41) is 5.01. The Morgan fingerprint density at radius 1 is 0.321 bits per heavy atom. The zero-order valence-electron chi connectivity index (χ0n) is 33.9.